The van der Waals surface area contributed by atoms with Gasteiger partial charge in [0.05, 0.1) is 25.9 Å². The number of fused-ring (bicyclic) bond motifs is 3. The number of furan rings is 1. The average Bonchev–Trinajstić information content (AvgIpc) is 3.43. The fourth-order valence-electron chi connectivity index (χ4n) is 4.79. The molecule has 0 radical (unpaired) electrons. The van der Waals surface area contributed by atoms with Crippen molar-refractivity contribution < 1.29 is 27.4 Å². The monoisotopic (exact) mass is 430 g/mol. The topological polar surface area (TPSA) is 40.8 Å². The molecule has 2 aliphatic heterocycles. The summed E-state index contributed by atoms with van der Waals surface area (Å²) < 4.78 is 53.2. The van der Waals surface area contributed by atoms with Crippen molar-refractivity contribution in [2.45, 2.75) is 51.0 Å². The molecular formula is C25H28F2O4. The van der Waals surface area contributed by atoms with Gasteiger partial charge in [-0.3, -0.25) is 0 Å². The van der Waals surface area contributed by atoms with E-state index in [9.17, 15) is 0 Å². The number of benzene rings is 2. The molecule has 1 aromatic heterocycles. The molecule has 2 saturated heterocycles. The Labute approximate surface area is 180 Å². The van der Waals surface area contributed by atoms with Crippen molar-refractivity contribution in [3.8, 4) is 5.75 Å². The molecular weight excluding hydrogens is 402 g/mol. The van der Waals surface area contributed by atoms with Crippen LogP contribution >= 0.6 is 0 Å². The molecule has 6 heteroatoms. The highest BCUT2D eigenvalue weighted by Crippen LogP contribution is 2.39. The molecule has 2 fully saturated rings. The average molecular weight is 430 g/mol. The molecule has 0 aliphatic carbocycles. The standard InChI is InChI=1S/C25H28F2O4/c1-2-3-17-5-4-16(14-29-17)18-6-7-19-20-8-9-21(30-13-15-10-11-28-12-15)23(27)25(20)31-24(19)22(18)26/h6-9,15-17H,2-5,10-14H2,1H3. The second kappa shape index (κ2) is 8.75. The van der Waals surface area contributed by atoms with Crippen LogP contribution in [0.4, 0.5) is 8.78 Å². The summed E-state index contributed by atoms with van der Waals surface area (Å²) in [6.45, 7) is 4.38. The largest absolute Gasteiger partial charge is 0.490 e. The van der Waals surface area contributed by atoms with Gasteiger partial charge in [-0.1, -0.05) is 19.4 Å². The van der Waals surface area contributed by atoms with Gasteiger partial charge in [0.15, 0.2) is 22.7 Å². The van der Waals surface area contributed by atoms with Crippen LogP contribution in [-0.4, -0.2) is 32.5 Å². The Kier molecular flexibility index (Phi) is 5.85. The molecule has 2 aliphatic rings. The summed E-state index contributed by atoms with van der Waals surface area (Å²) in [6, 6.07) is 6.96. The van der Waals surface area contributed by atoms with Crippen LogP contribution in [0.25, 0.3) is 21.9 Å². The molecule has 3 aromatic rings. The van der Waals surface area contributed by atoms with Gasteiger partial charge in [-0.25, -0.2) is 4.39 Å². The summed E-state index contributed by atoms with van der Waals surface area (Å²) in [5, 5.41) is 1.13. The minimum Gasteiger partial charge on any atom is -0.490 e. The van der Waals surface area contributed by atoms with Crippen molar-refractivity contribution in [3.05, 3.63) is 41.5 Å². The lowest BCUT2D eigenvalue weighted by molar-refractivity contribution is -0.00169. The van der Waals surface area contributed by atoms with Crippen LogP contribution in [0.15, 0.2) is 28.7 Å². The maximum atomic E-state index is 15.4. The number of rotatable bonds is 6. The molecule has 31 heavy (non-hydrogen) atoms. The van der Waals surface area contributed by atoms with Gasteiger partial charge in [0.25, 0.3) is 0 Å². The van der Waals surface area contributed by atoms with Gasteiger partial charge in [0.2, 0.25) is 5.82 Å². The van der Waals surface area contributed by atoms with E-state index < -0.39 is 11.6 Å². The van der Waals surface area contributed by atoms with E-state index in [1.165, 1.54) is 0 Å². The SMILES string of the molecule is CCCC1CCC(c2ccc3c(oc4c(F)c(OCC5CCOC5)ccc43)c2F)CO1. The number of ether oxygens (including phenoxy) is 3. The molecule has 0 saturated carbocycles. The maximum absolute atomic E-state index is 15.4. The Morgan fingerprint density at radius 2 is 1.77 bits per heavy atom. The van der Waals surface area contributed by atoms with Crippen LogP contribution in [0, 0.1) is 17.6 Å². The molecule has 3 unspecified atom stereocenters. The third-order valence-electron chi connectivity index (χ3n) is 6.60. The van der Waals surface area contributed by atoms with Crippen LogP contribution in [0.3, 0.4) is 0 Å². The Bertz CT molecular complexity index is 1060. The Hall–Kier alpha value is -2.18. The molecule has 0 N–H and O–H groups in total. The minimum absolute atomic E-state index is 0.0110. The van der Waals surface area contributed by atoms with Crippen molar-refractivity contribution in [3.63, 3.8) is 0 Å². The van der Waals surface area contributed by atoms with E-state index in [4.69, 9.17) is 18.6 Å². The van der Waals surface area contributed by atoms with E-state index in [1.54, 1.807) is 18.2 Å². The zero-order valence-electron chi connectivity index (χ0n) is 17.8. The molecule has 0 amide bonds. The smallest absolute Gasteiger partial charge is 0.208 e. The summed E-state index contributed by atoms with van der Waals surface area (Å²) in [7, 11) is 0. The van der Waals surface area contributed by atoms with E-state index in [1.807, 2.05) is 6.07 Å². The third kappa shape index (κ3) is 3.92. The van der Waals surface area contributed by atoms with Crippen molar-refractivity contribution in [1.29, 1.82) is 0 Å². The highest BCUT2D eigenvalue weighted by atomic mass is 19.1. The molecule has 2 aromatic carbocycles. The first-order valence-corrected chi connectivity index (χ1v) is 11.3. The first-order valence-electron chi connectivity index (χ1n) is 11.3. The molecule has 0 spiro atoms. The van der Waals surface area contributed by atoms with Gasteiger partial charge in [-0.05, 0) is 49.4 Å². The highest BCUT2D eigenvalue weighted by Gasteiger charge is 2.27. The predicted molar refractivity (Wildman–Crippen MR) is 115 cm³/mol. The van der Waals surface area contributed by atoms with Crippen LogP contribution in [0.5, 0.6) is 5.75 Å². The van der Waals surface area contributed by atoms with Crippen molar-refractivity contribution in [2.24, 2.45) is 5.92 Å². The van der Waals surface area contributed by atoms with Crippen molar-refractivity contribution in [1.82, 2.24) is 0 Å². The quantitative estimate of drug-likeness (QED) is 0.457. The fourth-order valence-corrected chi connectivity index (χ4v) is 4.79. The van der Waals surface area contributed by atoms with E-state index in [2.05, 4.69) is 6.92 Å². The molecule has 3 heterocycles. The Morgan fingerprint density at radius 1 is 0.968 bits per heavy atom. The van der Waals surface area contributed by atoms with Crippen LogP contribution in [0.2, 0.25) is 0 Å². The van der Waals surface area contributed by atoms with E-state index in [0.717, 1.165) is 32.1 Å². The van der Waals surface area contributed by atoms with E-state index in [0.29, 0.717) is 42.8 Å². The number of hydrogen-bond donors (Lipinski definition) is 0. The first-order chi connectivity index (χ1) is 15.2. The lowest BCUT2D eigenvalue weighted by Crippen LogP contribution is -2.25. The zero-order chi connectivity index (χ0) is 21.4. The second-order valence-corrected chi connectivity index (χ2v) is 8.76. The van der Waals surface area contributed by atoms with Crippen LogP contribution in [-0.2, 0) is 9.47 Å². The lowest BCUT2D eigenvalue weighted by atomic mass is 9.89. The third-order valence-corrected chi connectivity index (χ3v) is 6.60. The van der Waals surface area contributed by atoms with Gasteiger partial charge in [-0.15, -0.1) is 0 Å². The van der Waals surface area contributed by atoms with Gasteiger partial charge < -0.3 is 18.6 Å². The first kappa shape index (κ1) is 20.7. The normalized spacial score (nSPS) is 24.3. The molecule has 4 nitrogen and oxygen atoms in total. The van der Waals surface area contributed by atoms with Crippen LogP contribution in [0.1, 0.15) is 50.5 Å². The van der Waals surface area contributed by atoms with Gasteiger partial charge in [0, 0.05) is 29.2 Å². The summed E-state index contributed by atoms with van der Waals surface area (Å²) in [5.41, 5.74) is 0.720. The Balaban J connectivity index is 1.42. The Morgan fingerprint density at radius 3 is 2.48 bits per heavy atom. The molecule has 0 bridgehead atoms. The number of hydrogen-bond acceptors (Lipinski definition) is 4. The maximum Gasteiger partial charge on any atom is 0.208 e. The summed E-state index contributed by atoms with van der Waals surface area (Å²) in [4.78, 5) is 0. The van der Waals surface area contributed by atoms with Gasteiger partial charge in [-0.2, -0.15) is 4.39 Å². The van der Waals surface area contributed by atoms with E-state index in [-0.39, 0.29) is 34.9 Å². The lowest BCUT2D eigenvalue weighted by Gasteiger charge is -2.29. The summed E-state index contributed by atoms with van der Waals surface area (Å²) in [5.74, 6) is -0.622. The molecule has 166 valence electrons. The van der Waals surface area contributed by atoms with Gasteiger partial charge in [0.1, 0.15) is 0 Å². The van der Waals surface area contributed by atoms with Crippen LogP contribution < -0.4 is 4.74 Å². The highest BCUT2D eigenvalue weighted by molar-refractivity contribution is 6.05. The summed E-state index contributed by atoms with van der Waals surface area (Å²) in [6.07, 6.45) is 5.10. The fraction of sp³-hybridized carbons (Fsp3) is 0.520. The van der Waals surface area contributed by atoms with E-state index >= 15 is 8.78 Å². The van der Waals surface area contributed by atoms with Crippen molar-refractivity contribution in [2.75, 3.05) is 26.4 Å². The second-order valence-electron chi connectivity index (χ2n) is 8.76. The van der Waals surface area contributed by atoms with Crippen molar-refractivity contribution >= 4 is 21.9 Å². The molecule has 5 rings (SSSR count). The van der Waals surface area contributed by atoms with Gasteiger partial charge >= 0.3 is 0 Å². The molecule has 3 atom stereocenters. The predicted octanol–water partition coefficient (Wildman–Crippen LogP) is 6.34. The minimum atomic E-state index is -0.586. The number of halogens is 2. The summed E-state index contributed by atoms with van der Waals surface area (Å²) >= 11 is 0. The zero-order valence-corrected chi connectivity index (χ0v) is 17.8.